The first kappa shape index (κ1) is 16.5. The van der Waals surface area contributed by atoms with Gasteiger partial charge in [-0.05, 0) is 49.1 Å². The molecule has 0 radical (unpaired) electrons. The lowest BCUT2D eigenvalue weighted by Crippen LogP contribution is -2.26. The van der Waals surface area contributed by atoms with E-state index in [-0.39, 0.29) is 5.63 Å². The Morgan fingerprint density at radius 3 is 2.83 bits per heavy atom. The largest absolute Gasteiger partial charge is 0.423 e. The molecule has 0 N–H and O–H groups in total. The second-order valence-corrected chi connectivity index (χ2v) is 6.72. The quantitative estimate of drug-likeness (QED) is 0.785. The van der Waals surface area contributed by atoms with Crippen LogP contribution in [-0.4, -0.2) is 31.7 Å². The first-order valence-corrected chi connectivity index (χ1v) is 8.46. The van der Waals surface area contributed by atoms with E-state index in [1.165, 1.54) is 0 Å². The van der Waals surface area contributed by atoms with Gasteiger partial charge in [0.15, 0.2) is 0 Å². The minimum Gasteiger partial charge on any atom is -0.423 e. The summed E-state index contributed by atoms with van der Waals surface area (Å²) in [7, 11) is 2.07. The molecule has 1 aromatic heterocycles. The number of halogens is 1. The maximum Gasteiger partial charge on any atom is 0.336 e. The fraction of sp³-hybridized carbons (Fsp3) is 0.500. The van der Waals surface area contributed by atoms with E-state index in [0.717, 1.165) is 54.1 Å². The summed E-state index contributed by atoms with van der Waals surface area (Å²) in [5.74, 6) is 0.571. The summed E-state index contributed by atoms with van der Waals surface area (Å²) >= 11 is 6.34. The summed E-state index contributed by atoms with van der Waals surface area (Å²) in [6, 6.07) is 5.37. The van der Waals surface area contributed by atoms with Crippen molar-refractivity contribution in [3.05, 3.63) is 44.8 Å². The van der Waals surface area contributed by atoms with E-state index in [2.05, 4.69) is 11.9 Å². The molecule has 2 aromatic rings. The first-order valence-electron chi connectivity index (χ1n) is 8.08. The Morgan fingerprint density at radius 2 is 2.13 bits per heavy atom. The molecule has 1 aliphatic heterocycles. The SMILES string of the molecule is CCc1cc2oc(=O)cc(CN(C)C[C@@H]3CCOC3)c2cc1Cl. The molecular formula is C18H22ClNO3. The summed E-state index contributed by atoms with van der Waals surface area (Å²) < 4.78 is 10.8. The van der Waals surface area contributed by atoms with Crippen LogP contribution in [0.2, 0.25) is 5.02 Å². The monoisotopic (exact) mass is 335 g/mol. The van der Waals surface area contributed by atoms with Gasteiger partial charge in [-0.25, -0.2) is 4.79 Å². The Morgan fingerprint density at radius 1 is 1.30 bits per heavy atom. The molecule has 124 valence electrons. The molecule has 1 aromatic carbocycles. The van der Waals surface area contributed by atoms with Crippen molar-refractivity contribution in [2.75, 3.05) is 26.8 Å². The van der Waals surface area contributed by atoms with E-state index >= 15 is 0 Å². The highest BCUT2D eigenvalue weighted by Gasteiger charge is 2.18. The van der Waals surface area contributed by atoms with Crippen molar-refractivity contribution in [2.45, 2.75) is 26.3 Å². The Balaban J connectivity index is 1.89. The molecule has 0 aliphatic carbocycles. The van der Waals surface area contributed by atoms with Crippen LogP contribution in [0.4, 0.5) is 0 Å². The minimum atomic E-state index is -0.311. The number of hydrogen-bond acceptors (Lipinski definition) is 4. The number of nitrogens with zero attached hydrogens (tertiary/aromatic N) is 1. The zero-order valence-electron chi connectivity index (χ0n) is 13.6. The molecule has 5 heteroatoms. The lowest BCUT2D eigenvalue weighted by atomic mass is 10.0. The van der Waals surface area contributed by atoms with Gasteiger partial charge in [0.2, 0.25) is 0 Å². The summed E-state index contributed by atoms with van der Waals surface area (Å²) in [5, 5.41) is 1.64. The average molecular weight is 336 g/mol. The summed E-state index contributed by atoms with van der Waals surface area (Å²) in [4.78, 5) is 14.1. The van der Waals surface area contributed by atoms with Crippen LogP contribution >= 0.6 is 11.6 Å². The standard InChI is InChI=1S/C18H22ClNO3/c1-3-13-6-17-15(8-16(13)19)14(7-18(21)23-17)10-20(2)9-12-4-5-22-11-12/h6-8,12H,3-5,9-11H2,1-2H3/t12-/m0/s1. The van der Waals surface area contributed by atoms with Crippen molar-refractivity contribution in [3.63, 3.8) is 0 Å². The number of fused-ring (bicyclic) bond motifs is 1. The fourth-order valence-corrected chi connectivity index (χ4v) is 3.51. The second-order valence-electron chi connectivity index (χ2n) is 6.31. The number of hydrogen-bond donors (Lipinski definition) is 0. The third-order valence-corrected chi connectivity index (χ3v) is 4.76. The van der Waals surface area contributed by atoms with Crippen LogP contribution in [0.3, 0.4) is 0 Å². The highest BCUT2D eigenvalue weighted by atomic mass is 35.5. The number of rotatable bonds is 5. The third kappa shape index (κ3) is 3.77. The van der Waals surface area contributed by atoms with Crippen molar-refractivity contribution in [3.8, 4) is 0 Å². The highest BCUT2D eigenvalue weighted by Crippen LogP contribution is 2.27. The minimum absolute atomic E-state index is 0.311. The van der Waals surface area contributed by atoms with Gasteiger partial charge in [0.1, 0.15) is 5.58 Å². The molecule has 23 heavy (non-hydrogen) atoms. The fourth-order valence-electron chi connectivity index (χ4n) is 3.21. The third-order valence-electron chi connectivity index (χ3n) is 4.41. The van der Waals surface area contributed by atoms with Crippen molar-refractivity contribution < 1.29 is 9.15 Å². The van der Waals surface area contributed by atoms with E-state index < -0.39 is 0 Å². The van der Waals surface area contributed by atoms with E-state index in [9.17, 15) is 4.79 Å². The van der Waals surface area contributed by atoms with Crippen LogP contribution in [0, 0.1) is 5.92 Å². The maximum atomic E-state index is 11.9. The second kappa shape index (κ2) is 7.04. The van der Waals surface area contributed by atoms with Gasteiger partial charge in [-0.2, -0.15) is 0 Å². The van der Waals surface area contributed by atoms with Gasteiger partial charge in [-0.3, -0.25) is 0 Å². The number of ether oxygens (including phenoxy) is 1. The molecule has 0 saturated carbocycles. The van der Waals surface area contributed by atoms with Crippen molar-refractivity contribution >= 4 is 22.6 Å². The molecule has 4 nitrogen and oxygen atoms in total. The molecule has 1 saturated heterocycles. The van der Waals surface area contributed by atoms with Crippen LogP contribution in [0.1, 0.15) is 24.5 Å². The topological polar surface area (TPSA) is 42.7 Å². The van der Waals surface area contributed by atoms with Crippen LogP contribution in [0.5, 0.6) is 0 Å². The lowest BCUT2D eigenvalue weighted by Gasteiger charge is -2.20. The van der Waals surface area contributed by atoms with Gasteiger partial charge in [0.05, 0.1) is 6.61 Å². The predicted molar refractivity (Wildman–Crippen MR) is 92.1 cm³/mol. The number of benzene rings is 1. The van der Waals surface area contributed by atoms with E-state index in [0.29, 0.717) is 18.0 Å². The number of aryl methyl sites for hydroxylation is 1. The molecule has 1 fully saturated rings. The van der Waals surface area contributed by atoms with Crippen molar-refractivity contribution in [1.82, 2.24) is 4.90 Å². The van der Waals surface area contributed by atoms with Crippen LogP contribution in [0.15, 0.2) is 27.4 Å². The summed E-state index contributed by atoms with van der Waals surface area (Å²) in [6.07, 6.45) is 1.91. The van der Waals surface area contributed by atoms with Crippen LogP contribution in [-0.2, 0) is 17.7 Å². The Bertz CT molecular complexity index is 750. The van der Waals surface area contributed by atoms with Crippen LogP contribution < -0.4 is 5.63 Å². The Labute approximate surface area is 141 Å². The van der Waals surface area contributed by atoms with Gasteiger partial charge in [0, 0.05) is 36.2 Å². The van der Waals surface area contributed by atoms with Gasteiger partial charge in [0.25, 0.3) is 0 Å². The molecule has 0 spiro atoms. The van der Waals surface area contributed by atoms with Gasteiger partial charge in [-0.1, -0.05) is 18.5 Å². The van der Waals surface area contributed by atoms with Crippen molar-refractivity contribution in [2.24, 2.45) is 5.92 Å². The Hall–Kier alpha value is -1.36. The molecular weight excluding hydrogens is 314 g/mol. The van der Waals surface area contributed by atoms with Gasteiger partial charge < -0.3 is 14.1 Å². The van der Waals surface area contributed by atoms with Gasteiger partial charge >= 0.3 is 5.63 Å². The van der Waals surface area contributed by atoms with Gasteiger partial charge in [-0.15, -0.1) is 0 Å². The normalized spacial score (nSPS) is 18.2. The van der Waals surface area contributed by atoms with E-state index in [4.69, 9.17) is 20.8 Å². The molecule has 1 aliphatic rings. The molecule has 0 bridgehead atoms. The van der Waals surface area contributed by atoms with Crippen molar-refractivity contribution in [1.29, 1.82) is 0 Å². The summed E-state index contributed by atoms with van der Waals surface area (Å²) in [6.45, 7) is 5.37. The highest BCUT2D eigenvalue weighted by molar-refractivity contribution is 6.32. The maximum absolute atomic E-state index is 11.9. The molecule has 1 atom stereocenters. The van der Waals surface area contributed by atoms with Crippen LogP contribution in [0.25, 0.3) is 11.0 Å². The predicted octanol–water partition coefficient (Wildman–Crippen LogP) is 3.48. The van der Waals surface area contributed by atoms with E-state index in [1.54, 1.807) is 6.07 Å². The zero-order chi connectivity index (χ0) is 16.4. The summed E-state index contributed by atoms with van der Waals surface area (Å²) in [5.41, 5.74) is 2.26. The molecule has 3 rings (SSSR count). The first-order chi connectivity index (χ1) is 11.1. The molecule has 2 heterocycles. The Kier molecular flexibility index (Phi) is 5.05. The lowest BCUT2D eigenvalue weighted by molar-refractivity contribution is 0.173. The molecule has 0 unspecified atom stereocenters. The zero-order valence-corrected chi connectivity index (χ0v) is 14.4. The smallest absolute Gasteiger partial charge is 0.336 e. The van der Waals surface area contributed by atoms with E-state index in [1.807, 2.05) is 19.1 Å². The average Bonchev–Trinajstić information content (AvgIpc) is 3.00. The molecule has 0 amide bonds.